The third-order valence-electron chi connectivity index (χ3n) is 3.76. The number of hydrogen-bond donors (Lipinski definition) is 1. The SMILES string of the molecule is CCC(CC)(C(O)Cc1ccc(Cl)s1)N(C)C. The highest BCUT2D eigenvalue weighted by Crippen LogP contribution is 2.30. The molecule has 1 N–H and O–H groups in total. The van der Waals surface area contributed by atoms with Gasteiger partial charge < -0.3 is 10.0 Å². The highest BCUT2D eigenvalue weighted by molar-refractivity contribution is 7.16. The molecule has 1 rings (SSSR count). The maximum atomic E-state index is 10.5. The number of halogens is 1. The van der Waals surface area contributed by atoms with Crippen molar-refractivity contribution in [2.75, 3.05) is 14.1 Å². The van der Waals surface area contributed by atoms with Crippen LogP contribution >= 0.6 is 22.9 Å². The molecule has 1 heterocycles. The summed E-state index contributed by atoms with van der Waals surface area (Å²) >= 11 is 7.47. The van der Waals surface area contributed by atoms with E-state index >= 15 is 0 Å². The third kappa shape index (κ3) is 3.22. The Morgan fingerprint density at radius 2 is 1.94 bits per heavy atom. The molecule has 2 nitrogen and oxygen atoms in total. The van der Waals surface area contributed by atoms with Crippen molar-refractivity contribution in [1.29, 1.82) is 0 Å². The fourth-order valence-corrected chi connectivity index (χ4v) is 3.62. The molecule has 1 aromatic heterocycles. The lowest BCUT2D eigenvalue weighted by molar-refractivity contribution is -0.0121. The van der Waals surface area contributed by atoms with Crippen LogP contribution in [0.15, 0.2) is 12.1 Å². The summed E-state index contributed by atoms with van der Waals surface area (Å²) in [6, 6.07) is 3.89. The first-order valence-electron chi connectivity index (χ1n) is 6.06. The van der Waals surface area contributed by atoms with Crippen LogP contribution in [0.25, 0.3) is 0 Å². The predicted octanol–water partition coefficient (Wildman–Crippen LogP) is 3.43. The molecule has 1 aromatic rings. The van der Waals surface area contributed by atoms with Crippen molar-refractivity contribution in [1.82, 2.24) is 4.90 Å². The topological polar surface area (TPSA) is 23.5 Å². The summed E-state index contributed by atoms with van der Waals surface area (Å²) in [6.07, 6.45) is 2.20. The number of rotatable bonds is 6. The lowest BCUT2D eigenvalue weighted by Gasteiger charge is -2.42. The van der Waals surface area contributed by atoms with Crippen molar-refractivity contribution in [3.63, 3.8) is 0 Å². The molecule has 0 aliphatic rings. The van der Waals surface area contributed by atoms with E-state index < -0.39 is 0 Å². The summed E-state index contributed by atoms with van der Waals surface area (Å²) in [5.74, 6) is 0. The lowest BCUT2D eigenvalue weighted by Crippen LogP contribution is -2.53. The zero-order valence-corrected chi connectivity index (χ0v) is 12.6. The molecule has 0 saturated carbocycles. The Bertz CT molecular complexity index is 347. The molecule has 0 aliphatic carbocycles. The van der Waals surface area contributed by atoms with Crippen LogP contribution in [0.5, 0.6) is 0 Å². The second-order valence-corrected chi connectivity index (χ2v) is 6.43. The first-order valence-corrected chi connectivity index (χ1v) is 7.25. The molecule has 0 spiro atoms. The highest BCUT2D eigenvalue weighted by atomic mass is 35.5. The summed E-state index contributed by atoms with van der Waals surface area (Å²) in [7, 11) is 4.08. The standard InChI is InChI=1S/C13H22ClNOS/c1-5-13(6-2,15(3)4)11(16)9-10-7-8-12(14)17-10/h7-8,11,16H,5-6,9H2,1-4H3. The fraction of sp³-hybridized carbons (Fsp3) is 0.692. The Hall–Kier alpha value is -0.0900. The molecule has 4 heteroatoms. The molecule has 0 aliphatic heterocycles. The van der Waals surface area contributed by atoms with Crippen LogP contribution in [-0.2, 0) is 6.42 Å². The number of nitrogens with zero attached hydrogens (tertiary/aromatic N) is 1. The molecule has 0 bridgehead atoms. The van der Waals surface area contributed by atoms with Gasteiger partial charge in [-0.15, -0.1) is 11.3 Å². The Morgan fingerprint density at radius 1 is 1.35 bits per heavy atom. The van der Waals surface area contributed by atoms with Crippen LogP contribution in [0.4, 0.5) is 0 Å². The van der Waals surface area contributed by atoms with E-state index in [0.29, 0.717) is 6.42 Å². The summed E-state index contributed by atoms with van der Waals surface area (Å²) in [4.78, 5) is 3.29. The van der Waals surface area contributed by atoms with Gasteiger partial charge in [0.1, 0.15) is 0 Å². The monoisotopic (exact) mass is 275 g/mol. The van der Waals surface area contributed by atoms with E-state index in [0.717, 1.165) is 22.1 Å². The quantitative estimate of drug-likeness (QED) is 0.860. The zero-order chi connectivity index (χ0) is 13.1. The Balaban J connectivity index is 2.82. The molecule has 0 amide bonds. The Morgan fingerprint density at radius 3 is 2.29 bits per heavy atom. The zero-order valence-electron chi connectivity index (χ0n) is 11.0. The van der Waals surface area contributed by atoms with Crippen LogP contribution in [0.1, 0.15) is 31.6 Å². The highest BCUT2D eigenvalue weighted by Gasteiger charge is 2.36. The van der Waals surface area contributed by atoms with E-state index in [1.807, 2.05) is 26.2 Å². The van der Waals surface area contributed by atoms with Gasteiger partial charge in [-0.1, -0.05) is 25.4 Å². The molecular formula is C13H22ClNOS. The molecule has 98 valence electrons. The molecule has 17 heavy (non-hydrogen) atoms. The smallest absolute Gasteiger partial charge is 0.0931 e. The van der Waals surface area contributed by atoms with E-state index in [4.69, 9.17) is 11.6 Å². The molecule has 1 unspecified atom stereocenters. The van der Waals surface area contributed by atoms with E-state index in [-0.39, 0.29) is 11.6 Å². The van der Waals surface area contributed by atoms with Crippen molar-refractivity contribution in [3.8, 4) is 0 Å². The largest absolute Gasteiger partial charge is 0.391 e. The minimum atomic E-state index is -0.359. The van der Waals surface area contributed by atoms with Gasteiger partial charge in [-0.05, 0) is 39.1 Å². The van der Waals surface area contributed by atoms with Crippen LogP contribution < -0.4 is 0 Å². The summed E-state index contributed by atoms with van der Waals surface area (Å²) in [5.41, 5.74) is -0.142. The fourth-order valence-electron chi connectivity index (χ4n) is 2.49. The molecule has 0 fully saturated rings. The van der Waals surface area contributed by atoms with Gasteiger partial charge in [0.05, 0.1) is 10.4 Å². The van der Waals surface area contributed by atoms with Gasteiger partial charge in [0, 0.05) is 16.8 Å². The van der Waals surface area contributed by atoms with Crippen molar-refractivity contribution >= 4 is 22.9 Å². The normalized spacial score (nSPS) is 14.3. The van der Waals surface area contributed by atoms with E-state index in [2.05, 4.69) is 18.7 Å². The predicted molar refractivity (Wildman–Crippen MR) is 76.0 cm³/mol. The van der Waals surface area contributed by atoms with Gasteiger partial charge in [-0.2, -0.15) is 0 Å². The number of likely N-dealkylation sites (N-methyl/N-ethyl adjacent to an activating group) is 1. The van der Waals surface area contributed by atoms with Crippen molar-refractivity contribution in [2.24, 2.45) is 0 Å². The van der Waals surface area contributed by atoms with Crippen molar-refractivity contribution in [2.45, 2.75) is 44.8 Å². The molecule has 1 atom stereocenters. The number of hydrogen-bond acceptors (Lipinski definition) is 3. The summed E-state index contributed by atoms with van der Waals surface area (Å²) in [5, 5.41) is 10.5. The van der Waals surface area contributed by atoms with Crippen LogP contribution in [0.2, 0.25) is 4.34 Å². The van der Waals surface area contributed by atoms with Gasteiger partial charge in [0.25, 0.3) is 0 Å². The van der Waals surface area contributed by atoms with Gasteiger partial charge >= 0.3 is 0 Å². The van der Waals surface area contributed by atoms with E-state index in [9.17, 15) is 5.11 Å². The first kappa shape index (κ1) is 15.0. The van der Waals surface area contributed by atoms with Gasteiger partial charge in [0.2, 0.25) is 0 Å². The molecule has 0 aromatic carbocycles. The average molecular weight is 276 g/mol. The molecule has 0 saturated heterocycles. The summed E-state index contributed by atoms with van der Waals surface area (Å²) < 4.78 is 0.788. The Kier molecular flexibility index (Phi) is 5.45. The second kappa shape index (κ2) is 6.19. The second-order valence-electron chi connectivity index (χ2n) is 4.63. The number of aliphatic hydroxyl groups is 1. The van der Waals surface area contributed by atoms with E-state index in [1.165, 1.54) is 0 Å². The molecule has 0 radical (unpaired) electrons. The van der Waals surface area contributed by atoms with Gasteiger partial charge in [-0.3, -0.25) is 0 Å². The minimum absolute atomic E-state index is 0.142. The third-order valence-corrected chi connectivity index (χ3v) is 5.01. The summed E-state index contributed by atoms with van der Waals surface area (Å²) in [6.45, 7) is 4.27. The van der Waals surface area contributed by atoms with Crippen LogP contribution in [-0.4, -0.2) is 35.7 Å². The minimum Gasteiger partial charge on any atom is -0.391 e. The van der Waals surface area contributed by atoms with Gasteiger partial charge in [0.15, 0.2) is 0 Å². The van der Waals surface area contributed by atoms with Crippen molar-refractivity contribution < 1.29 is 5.11 Å². The first-order chi connectivity index (χ1) is 7.96. The maximum Gasteiger partial charge on any atom is 0.0931 e. The lowest BCUT2D eigenvalue weighted by atomic mass is 9.83. The van der Waals surface area contributed by atoms with Gasteiger partial charge in [-0.25, -0.2) is 0 Å². The number of thiophene rings is 1. The average Bonchev–Trinajstić information content (AvgIpc) is 2.66. The maximum absolute atomic E-state index is 10.5. The van der Waals surface area contributed by atoms with E-state index in [1.54, 1.807) is 11.3 Å². The van der Waals surface area contributed by atoms with Crippen LogP contribution in [0, 0.1) is 0 Å². The number of aliphatic hydroxyl groups excluding tert-OH is 1. The van der Waals surface area contributed by atoms with Crippen molar-refractivity contribution in [3.05, 3.63) is 21.3 Å². The Labute approximate surface area is 113 Å². The molecular weight excluding hydrogens is 254 g/mol. The van der Waals surface area contributed by atoms with Crippen LogP contribution in [0.3, 0.4) is 0 Å².